The fourth-order valence-electron chi connectivity index (χ4n) is 3.30. The van der Waals surface area contributed by atoms with Crippen LogP contribution < -0.4 is 5.32 Å². The number of hydrogen-bond donors (Lipinski definition) is 1. The van der Waals surface area contributed by atoms with E-state index in [1.165, 1.54) is 5.56 Å². The molecule has 1 aromatic carbocycles. The molecule has 7 nitrogen and oxygen atoms in total. The number of nitrogens with zero attached hydrogens (tertiary/aromatic N) is 6. The molecule has 4 aromatic rings. The summed E-state index contributed by atoms with van der Waals surface area (Å²) in [6.07, 6.45) is 7.37. The van der Waals surface area contributed by atoms with Crippen molar-refractivity contribution in [3.05, 3.63) is 72.8 Å². The third kappa shape index (κ3) is 4.52. The van der Waals surface area contributed by atoms with Crippen LogP contribution in [0.3, 0.4) is 0 Å². The highest BCUT2D eigenvalue weighted by molar-refractivity contribution is 5.78. The van der Waals surface area contributed by atoms with Gasteiger partial charge in [0, 0.05) is 54.7 Å². The largest absolute Gasteiger partial charge is 0.324 e. The highest BCUT2D eigenvalue weighted by Gasteiger charge is 2.15. The molecule has 3 aromatic heterocycles. The van der Waals surface area contributed by atoms with Crippen LogP contribution in [0.2, 0.25) is 0 Å². The SMILES string of the molecule is CCn1cc(-c2ccnc(Nc3cccc(CN(C)C)c3)n2)c(-c2cccnc2)n1. The molecule has 0 saturated heterocycles. The van der Waals surface area contributed by atoms with Crippen molar-refractivity contribution in [1.82, 2.24) is 29.6 Å². The smallest absolute Gasteiger partial charge is 0.227 e. The average Bonchev–Trinajstić information content (AvgIpc) is 3.19. The second-order valence-corrected chi connectivity index (χ2v) is 7.32. The van der Waals surface area contributed by atoms with E-state index in [4.69, 9.17) is 10.1 Å². The number of aryl methyl sites for hydroxylation is 1. The second-order valence-electron chi connectivity index (χ2n) is 7.32. The van der Waals surface area contributed by atoms with Gasteiger partial charge in [-0.2, -0.15) is 5.10 Å². The second kappa shape index (κ2) is 8.84. The zero-order valence-electron chi connectivity index (χ0n) is 17.4. The molecule has 4 rings (SSSR count). The van der Waals surface area contributed by atoms with Crippen LogP contribution in [0, 0.1) is 0 Å². The van der Waals surface area contributed by atoms with E-state index in [1.807, 2.05) is 47.4 Å². The van der Waals surface area contributed by atoms with Crippen molar-refractivity contribution in [2.24, 2.45) is 0 Å². The Morgan fingerprint density at radius 2 is 1.97 bits per heavy atom. The molecule has 0 spiro atoms. The predicted octanol–water partition coefficient (Wildman–Crippen LogP) is 4.23. The summed E-state index contributed by atoms with van der Waals surface area (Å²) >= 11 is 0. The minimum absolute atomic E-state index is 0.552. The van der Waals surface area contributed by atoms with Gasteiger partial charge in [0.2, 0.25) is 5.95 Å². The Morgan fingerprint density at radius 1 is 1.07 bits per heavy atom. The van der Waals surface area contributed by atoms with Gasteiger partial charge in [-0.1, -0.05) is 12.1 Å². The molecule has 0 fully saturated rings. The third-order valence-corrected chi connectivity index (χ3v) is 4.63. The summed E-state index contributed by atoms with van der Waals surface area (Å²) in [5.74, 6) is 0.552. The number of aromatic nitrogens is 5. The van der Waals surface area contributed by atoms with Crippen LogP contribution in [0.5, 0.6) is 0 Å². The molecule has 0 aliphatic carbocycles. The zero-order chi connectivity index (χ0) is 20.9. The van der Waals surface area contributed by atoms with E-state index in [2.05, 4.69) is 53.3 Å². The topological polar surface area (TPSA) is 71.8 Å². The molecule has 3 heterocycles. The summed E-state index contributed by atoms with van der Waals surface area (Å²) in [6.45, 7) is 3.72. The number of anilines is 2. The highest BCUT2D eigenvalue weighted by atomic mass is 15.3. The Balaban J connectivity index is 1.66. The number of hydrogen-bond acceptors (Lipinski definition) is 6. The summed E-state index contributed by atoms with van der Waals surface area (Å²) in [5, 5.41) is 8.05. The van der Waals surface area contributed by atoms with Crippen molar-refractivity contribution in [3.63, 3.8) is 0 Å². The average molecular weight is 400 g/mol. The van der Waals surface area contributed by atoms with Crippen LogP contribution in [0.15, 0.2) is 67.3 Å². The van der Waals surface area contributed by atoms with Crippen LogP contribution in [-0.4, -0.2) is 43.7 Å². The van der Waals surface area contributed by atoms with Gasteiger partial charge in [0.25, 0.3) is 0 Å². The molecule has 0 amide bonds. The van der Waals surface area contributed by atoms with Crippen LogP contribution >= 0.6 is 0 Å². The number of benzene rings is 1. The minimum Gasteiger partial charge on any atom is -0.324 e. The van der Waals surface area contributed by atoms with Crippen molar-refractivity contribution in [3.8, 4) is 22.5 Å². The molecule has 152 valence electrons. The van der Waals surface area contributed by atoms with Crippen molar-refractivity contribution in [1.29, 1.82) is 0 Å². The van der Waals surface area contributed by atoms with Gasteiger partial charge in [-0.15, -0.1) is 0 Å². The summed E-state index contributed by atoms with van der Waals surface area (Å²) in [4.78, 5) is 15.5. The van der Waals surface area contributed by atoms with E-state index in [-0.39, 0.29) is 0 Å². The molecular formula is C23H25N7. The molecule has 7 heteroatoms. The molecule has 0 aliphatic heterocycles. The maximum Gasteiger partial charge on any atom is 0.227 e. The monoisotopic (exact) mass is 399 g/mol. The molecule has 0 bridgehead atoms. The Bertz CT molecular complexity index is 1120. The maximum atomic E-state index is 4.76. The summed E-state index contributed by atoms with van der Waals surface area (Å²) in [7, 11) is 4.12. The minimum atomic E-state index is 0.552. The third-order valence-electron chi connectivity index (χ3n) is 4.63. The first-order valence-corrected chi connectivity index (χ1v) is 9.94. The first-order valence-electron chi connectivity index (χ1n) is 9.94. The van der Waals surface area contributed by atoms with Crippen LogP contribution in [0.1, 0.15) is 12.5 Å². The van der Waals surface area contributed by atoms with Crippen LogP contribution in [-0.2, 0) is 13.1 Å². The molecule has 30 heavy (non-hydrogen) atoms. The Labute approximate surface area is 176 Å². The van der Waals surface area contributed by atoms with Gasteiger partial charge in [-0.05, 0) is 56.9 Å². The van der Waals surface area contributed by atoms with E-state index in [9.17, 15) is 0 Å². The summed E-state index contributed by atoms with van der Waals surface area (Å²) < 4.78 is 1.91. The van der Waals surface area contributed by atoms with Gasteiger partial charge in [-0.25, -0.2) is 9.97 Å². The van der Waals surface area contributed by atoms with Crippen LogP contribution in [0.25, 0.3) is 22.5 Å². The maximum absolute atomic E-state index is 4.76. The molecule has 0 saturated carbocycles. The number of rotatable bonds is 7. The van der Waals surface area contributed by atoms with Gasteiger partial charge in [0.1, 0.15) is 5.69 Å². The quantitative estimate of drug-likeness (QED) is 0.501. The van der Waals surface area contributed by atoms with Gasteiger partial charge >= 0.3 is 0 Å². The van der Waals surface area contributed by atoms with E-state index in [0.29, 0.717) is 5.95 Å². The van der Waals surface area contributed by atoms with E-state index in [0.717, 1.165) is 41.3 Å². The molecule has 0 atom stereocenters. The Kier molecular flexibility index (Phi) is 5.81. The number of nitrogens with one attached hydrogen (secondary N) is 1. The molecule has 0 radical (unpaired) electrons. The standard InChI is InChI=1S/C23H25N7/c1-4-30-16-20(22(28-30)18-8-6-11-24-14-18)21-10-12-25-23(27-21)26-19-9-5-7-17(13-19)15-29(2)3/h5-14,16H,4,15H2,1-3H3,(H,25,26,27). The van der Waals surface area contributed by atoms with Crippen molar-refractivity contribution in [2.75, 3.05) is 19.4 Å². The fourth-order valence-corrected chi connectivity index (χ4v) is 3.30. The first kappa shape index (κ1) is 19.7. The lowest BCUT2D eigenvalue weighted by Crippen LogP contribution is -2.10. The Hall–Kier alpha value is -3.58. The fraction of sp³-hybridized carbons (Fsp3) is 0.217. The van der Waals surface area contributed by atoms with E-state index < -0.39 is 0 Å². The lowest BCUT2D eigenvalue weighted by atomic mass is 10.1. The van der Waals surface area contributed by atoms with Crippen molar-refractivity contribution in [2.45, 2.75) is 20.0 Å². The van der Waals surface area contributed by atoms with Gasteiger partial charge in [0.05, 0.1) is 5.69 Å². The lowest BCUT2D eigenvalue weighted by molar-refractivity contribution is 0.402. The van der Waals surface area contributed by atoms with Crippen molar-refractivity contribution < 1.29 is 0 Å². The zero-order valence-corrected chi connectivity index (χ0v) is 17.4. The molecule has 0 aliphatic rings. The van der Waals surface area contributed by atoms with Crippen LogP contribution in [0.4, 0.5) is 11.6 Å². The molecule has 0 unspecified atom stereocenters. The van der Waals surface area contributed by atoms with Gasteiger partial charge < -0.3 is 10.2 Å². The first-order chi connectivity index (χ1) is 14.6. The van der Waals surface area contributed by atoms with Crippen molar-refractivity contribution >= 4 is 11.6 Å². The van der Waals surface area contributed by atoms with E-state index >= 15 is 0 Å². The number of pyridine rings is 1. The predicted molar refractivity (Wildman–Crippen MR) is 119 cm³/mol. The molecular weight excluding hydrogens is 374 g/mol. The molecule has 1 N–H and O–H groups in total. The Morgan fingerprint density at radius 3 is 2.73 bits per heavy atom. The highest BCUT2D eigenvalue weighted by Crippen LogP contribution is 2.30. The van der Waals surface area contributed by atoms with Gasteiger partial charge in [-0.3, -0.25) is 9.67 Å². The van der Waals surface area contributed by atoms with E-state index in [1.54, 1.807) is 12.4 Å². The lowest BCUT2D eigenvalue weighted by Gasteiger charge is -2.11. The summed E-state index contributed by atoms with van der Waals surface area (Å²) in [5.41, 5.74) is 5.78. The normalized spacial score (nSPS) is 11.1. The summed E-state index contributed by atoms with van der Waals surface area (Å²) in [6, 6.07) is 14.1. The van der Waals surface area contributed by atoms with Gasteiger partial charge in [0.15, 0.2) is 0 Å².